The molecular weight excluding hydrogens is 204 g/mol. The van der Waals surface area contributed by atoms with Crippen molar-refractivity contribution in [3.63, 3.8) is 0 Å². The quantitative estimate of drug-likeness (QED) is 0.669. The van der Waals surface area contributed by atoms with Gasteiger partial charge in [-0.3, -0.25) is 4.90 Å². The van der Waals surface area contributed by atoms with E-state index in [1.165, 1.54) is 39.3 Å². The molecule has 16 heavy (non-hydrogen) atoms. The van der Waals surface area contributed by atoms with E-state index in [1.54, 1.807) is 0 Å². The standard InChI is InChI=1S/C12H25N2O2/c1-11(2)16-10-12(15)9-14-6-3-13(4-7-14)5-8-14/h11-12,15H,3-10H2,1-2H3/q+1. The Morgan fingerprint density at radius 2 is 1.75 bits per heavy atom. The van der Waals surface area contributed by atoms with Gasteiger partial charge in [0.05, 0.1) is 32.3 Å². The fourth-order valence-corrected chi connectivity index (χ4v) is 2.81. The molecule has 1 atom stereocenters. The molecule has 0 aromatic carbocycles. The van der Waals surface area contributed by atoms with E-state index in [4.69, 9.17) is 4.74 Å². The van der Waals surface area contributed by atoms with E-state index >= 15 is 0 Å². The van der Waals surface area contributed by atoms with Gasteiger partial charge < -0.3 is 14.3 Å². The Bertz CT molecular complexity index is 211. The van der Waals surface area contributed by atoms with Crippen LogP contribution in [0.5, 0.6) is 0 Å². The van der Waals surface area contributed by atoms with Gasteiger partial charge in [-0.2, -0.15) is 0 Å². The molecule has 4 nitrogen and oxygen atoms in total. The summed E-state index contributed by atoms with van der Waals surface area (Å²) in [4.78, 5) is 2.52. The lowest BCUT2D eigenvalue weighted by atomic mass is 10.1. The summed E-state index contributed by atoms with van der Waals surface area (Å²) in [6, 6.07) is 0. The first-order chi connectivity index (χ1) is 7.60. The number of quaternary nitrogens is 1. The molecule has 3 aliphatic rings. The molecule has 0 amide bonds. The van der Waals surface area contributed by atoms with Crippen LogP contribution in [0.1, 0.15) is 13.8 Å². The van der Waals surface area contributed by atoms with Crippen LogP contribution in [-0.2, 0) is 4.74 Å². The maximum Gasteiger partial charge on any atom is 0.126 e. The SMILES string of the molecule is CC(C)OCC(O)C[N+]12CCN(CC1)CC2. The van der Waals surface area contributed by atoms with Crippen LogP contribution in [0.4, 0.5) is 0 Å². The van der Waals surface area contributed by atoms with Gasteiger partial charge in [0.1, 0.15) is 12.6 Å². The highest BCUT2D eigenvalue weighted by Gasteiger charge is 2.39. The molecule has 1 N–H and O–H groups in total. The summed E-state index contributed by atoms with van der Waals surface area (Å²) in [7, 11) is 0. The van der Waals surface area contributed by atoms with E-state index in [0.29, 0.717) is 6.61 Å². The number of hydrogen-bond acceptors (Lipinski definition) is 3. The minimum absolute atomic E-state index is 0.216. The fourth-order valence-electron chi connectivity index (χ4n) is 2.81. The van der Waals surface area contributed by atoms with Crippen LogP contribution in [0, 0.1) is 0 Å². The first kappa shape index (κ1) is 12.3. The molecule has 0 aliphatic carbocycles. The molecule has 4 heteroatoms. The third-order valence-electron chi connectivity index (χ3n) is 3.89. The number of nitrogens with zero attached hydrogens (tertiary/aromatic N) is 2. The summed E-state index contributed by atoms with van der Waals surface area (Å²) >= 11 is 0. The van der Waals surface area contributed by atoms with Gasteiger partial charge in [-0.05, 0) is 13.8 Å². The van der Waals surface area contributed by atoms with Crippen molar-refractivity contribution in [3.05, 3.63) is 0 Å². The first-order valence-corrected chi connectivity index (χ1v) is 6.47. The fraction of sp³-hybridized carbons (Fsp3) is 1.00. The minimum atomic E-state index is -0.299. The zero-order valence-corrected chi connectivity index (χ0v) is 10.6. The minimum Gasteiger partial charge on any atom is -0.385 e. The van der Waals surface area contributed by atoms with Crippen LogP contribution >= 0.6 is 0 Å². The normalized spacial score (nSPS) is 35.6. The highest BCUT2D eigenvalue weighted by atomic mass is 16.5. The molecule has 0 aromatic heterocycles. The summed E-state index contributed by atoms with van der Waals surface area (Å²) in [6.45, 7) is 12.6. The second-order valence-electron chi connectivity index (χ2n) is 5.57. The van der Waals surface area contributed by atoms with Crippen molar-refractivity contribution in [2.75, 3.05) is 52.4 Å². The number of piperazine rings is 3. The van der Waals surface area contributed by atoms with Crippen LogP contribution < -0.4 is 0 Å². The van der Waals surface area contributed by atoms with Gasteiger partial charge in [0.2, 0.25) is 0 Å². The number of aliphatic hydroxyl groups is 1. The van der Waals surface area contributed by atoms with E-state index in [1.807, 2.05) is 13.8 Å². The van der Waals surface area contributed by atoms with Crippen molar-refractivity contribution in [2.45, 2.75) is 26.1 Å². The van der Waals surface area contributed by atoms with Crippen molar-refractivity contribution in [3.8, 4) is 0 Å². The molecule has 1 unspecified atom stereocenters. The molecule has 3 saturated heterocycles. The Hall–Kier alpha value is -0.160. The zero-order valence-electron chi connectivity index (χ0n) is 10.6. The Morgan fingerprint density at radius 3 is 2.25 bits per heavy atom. The monoisotopic (exact) mass is 229 g/mol. The first-order valence-electron chi connectivity index (χ1n) is 6.47. The maximum atomic E-state index is 10.0. The van der Waals surface area contributed by atoms with Crippen molar-refractivity contribution in [1.29, 1.82) is 0 Å². The van der Waals surface area contributed by atoms with Crippen LogP contribution in [0.25, 0.3) is 0 Å². The summed E-state index contributed by atoms with van der Waals surface area (Å²) in [6.07, 6.45) is -0.0834. The van der Waals surface area contributed by atoms with Crippen LogP contribution in [0.2, 0.25) is 0 Å². The molecule has 3 fully saturated rings. The predicted octanol–water partition coefficient (Wildman–Crippen LogP) is -0.0817. The third kappa shape index (κ3) is 2.94. The van der Waals surface area contributed by atoms with Gasteiger partial charge in [-0.15, -0.1) is 0 Å². The van der Waals surface area contributed by atoms with E-state index in [2.05, 4.69) is 4.90 Å². The van der Waals surface area contributed by atoms with Crippen LogP contribution in [0.15, 0.2) is 0 Å². The van der Waals surface area contributed by atoms with Gasteiger partial charge in [0, 0.05) is 19.6 Å². The Labute approximate surface area is 98.4 Å². The van der Waals surface area contributed by atoms with E-state index in [9.17, 15) is 5.11 Å². The highest BCUT2D eigenvalue weighted by Crippen LogP contribution is 2.20. The zero-order chi connectivity index (χ0) is 11.6. The van der Waals surface area contributed by atoms with Crippen molar-refractivity contribution in [1.82, 2.24) is 4.90 Å². The molecule has 3 heterocycles. The maximum absolute atomic E-state index is 10.0. The second kappa shape index (κ2) is 5.00. The average molecular weight is 229 g/mol. The van der Waals surface area contributed by atoms with Gasteiger partial charge >= 0.3 is 0 Å². The summed E-state index contributed by atoms with van der Waals surface area (Å²) in [5.41, 5.74) is 0. The van der Waals surface area contributed by atoms with Gasteiger partial charge in [-0.25, -0.2) is 0 Å². The number of rotatable bonds is 5. The Morgan fingerprint density at radius 1 is 1.19 bits per heavy atom. The average Bonchev–Trinajstić information content (AvgIpc) is 2.28. The third-order valence-corrected chi connectivity index (χ3v) is 3.89. The number of ether oxygens (including phenoxy) is 1. The summed E-state index contributed by atoms with van der Waals surface area (Å²) < 4.78 is 6.59. The smallest absolute Gasteiger partial charge is 0.126 e. The second-order valence-corrected chi connectivity index (χ2v) is 5.57. The molecule has 3 rings (SSSR count). The molecule has 0 saturated carbocycles. The van der Waals surface area contributed by atoms with Crippen LogP contribution in [0.3, 0.4) is 0 Å². The number of hydrogen-bond donors (Lipinski definition) is 1. The lowest BCUT2D eigenvalue weighted by Crippen LogP contribution is -2.69. The predicted molar refractivity (Wildman–Crippen MR) is 63.3 cm³/mol. The van der Waals surface area contributed by atoms with Gasteiger partial charge in [0.15, 0.2) is 0 Å². The summed E-state index contributed by atoms with van der Waals surface area (Å²) in [5.74, 6) is 0. The van der Waals surface area contributed by atoms with Gasteiger partial charge in [0.25, 0.3) is 0 Å². The van der Waals surface area contributed by atoms with E-state index < -0.39 is 0 Å². The Balaban J connectivity index is 1.79. The van der Waals surface area contributed by atoms with E-state index in [0.717, 1.165) is 11.0 Å². The summed E-state index contributed by atoms with van der Waals surface area (Å²) in [5, 5.41) is 10.0. The molecule has 0 aromatic rings. The Kier molecular flexibility index (Phi) is 3.85. The molecule has 3 aliphatic heterocycles. The van der Waals surface area contributed by atoms with Crippen molar-refractivity contribution in [2.24, 2.45) is 0 Å². The molecule has 94 valence electrons. The van der Waals surface area contributed by atoms with E-state index in [-0.39, 0.29) is 12.2 Å². The van der Waals surface area contributed by atoms with Gasteiger partial charge in [-0.1, -0.05) is 0 Å². The largest absolute Gasteiger partial charge is 0.385 e. The number of fused-ring (bicyclic) bond motifs is 3. The highest BCUT2D eigenvalue weighted by molar-refractivity contribution is 4.72. The molecule has 0 spiro atoms. The molecular formula is C12H25N2O2+. The lowest BCUT2D eigenvalue weighted by molar-refractivity contribution is -0.943. The van der Waals surface area contributed by atoms with Crippen molar-refractivity contribution < 1.29 is 14.3 Å². The van der Waals surface area contributed by atoms with Crippen molar-refractivity contribution >= 4 is 0 Å². The topological polar surface area (TPSA) is 32.7 Å². The lowest BCUT2D eigenvalue weighted by Gasteiger charge is -2.51. The van der Waals surface area contributed by atoms with Crippen LogP contribution in [-0.4, -0.2) is 79.1 Å². The molecule has 0 radical (unpaired) electrons. The number of aliphatic hydroxyl groups excluding tert-OH is 1. The molecule has 2 bridgehead atoms.